The van der Waals surface area contributed by atoms with Crippen LogP contribution in [0.4, 0.5) is 0 Å². The predicted octanol–water partition coefficient (Wildman–Crippen LogP) is 11.9. The molecule has 0 fully saturated rings. The molecule has 0 aliphatic carbocycles. The van der Waals surface area contributed by atoms with E-state index in [1.54, 1.807) is 45.3 Å². The Bertz CT molecular complexity index is 2140. The van der Waals surface area contributed by atoms with Crippen molar-refractivity contribution in [3.05, 3.63) is 129 Å². The van der Waals surface area contributed by atoms with Gasteiger partial charge >= 0.3 is 0 Å². The molecule has 0 saturated carbocycles. The molecule has 0 spiro atoms. The van der Waals surface area contributed by atoms with Crippen molar-refractivity contribution in [3.63, 3.8) is 0 Å². The second kappa shape index (κ2) is 11.8. The van der Waals surface area contributed by atoms with Gasteiger partial charge in [-0.25, -0.2) is 9.97 Å². The third-order valence-corrected chi connectivity index (χ3v) is 12.0. The number of aromatic nitrogens is 4. The summed E-state index contributed by atoms with van der Waals surface area (Å²) in [6, 6.07) is 34.9. The molecule has 226 valence electrons. The van der Waals surface area contributed by atoms with E-state index in [9.17, 15) is 0 Å². The first kappa shape index (κ1) is 29.1. The number of imidazole rings is 2. The van der Waals surface area contributed by atoms with Gasteiger partial charge in [-0.15, -0.1) is 45.3 Å². The van der Waals surface area contributed by atoms with Crippen LogP contribution < -0.4 is 0 Å². The summed E-state index contributed by atoms with van der Waals surface area (Å²) >= 11 is 7.12. The molecule has 0 saturated heterocycles. The lowest BCUT2D eigenvalue weighted by Gasteiger charge is -2.10. The minimum Gasteiger partial charge on any atom is -0.298 e. The fraction of sp³-hybridized carbons (Fsp3) is 0.105. The first-order chi connectivity index (χ1) is 22.4. The van der Waals surface area contributed by atoms with Crippen LogP contribution in [0.1, 0.15) is 19.5 Å². The van der Waals surface area contributed by atoms with Crippen molar-refractivity contribution in [2.45, 2.75) is 27.7 Å². The second-order valence-electron chi connectivity index (χ2n) is 11.4. The monoisotopic (exact) mass is 670 g/mol. The Hall–Kier alpha value is -4.34. The Labute approximate surface area is 284 Å². The van der Waals surface area contributed by atoms with Crippen molar-refractivity contribution < 1.29 is 0 Å². The summed E-state index contributed by atoms with van der Waals surface area (Å²) in [5.41, 5.74) is 6.55. The molecule has 0 amide bonds. The molecule has 8 rings (SSSR count). The number of hydrogen-bond donors (Lipinski definition) is 0. The van der Waals surface area contributed by atoms with Crippen molar-refractivity contribution in [1.29, 1.82) is 0 Å². The summed E-state index contributed by atoms with van der Waals surface area (Å²) in [5, 5.41) is 0. The summed E-state index contributed by atoms with van der Waals surface area (Å²) in [6.07, 6.45) is 4.34. The maximum Gasteiger partial charge on any atom is 0.155 e. The summed E-state index contributed by atoms with van der Waals surface area (Å²) in [6.45, 7) is 8.57. The Morgan fingerprint density at radius 3 is 1.02 bits per heavy atom. The Morgan fingerprint density at radius 1 is 0.391 bits per heavy atom. The highest BCUT2D eigenvalue weighted by molar-refractivity contribution is 7.16. The van der Waals surface area contributed by atoms with Gasteiger partial charge in [0.05, 0.1) is 30.9 Å². The van der Waals surface area contributed by atoms with E-state index in [0.29, 0.717) is 0 Å². The van der Waals surface area contributed by atoms with E-state index in [2.05, 4.69) is 146 Å². The highest BCUT2D eigenvalue weighted by atomic mass is 32.1. The Kier molecular flexibility index (Phi) is 7.45. The lowest BCUT2D eigenvalue weighted by Crippen LogP contribution is -1.96. The van der Waals surface area contributed by atoms with Crippen molar-refractivity contribution in [2.75, 3.05) is 0 Å². The smallest absolute Gasteiger partial charge is 0.155 e. The number of benzene rings is 2. The molecular formula is C38H30N4S4. The average Bonchev–Trinajstić information content (AvgIpc) is 3.90. The second-order valence-corrected chi connectivity index (χ2v) is 16.5. The molecule has 0 N–H and O–H groups in total. The van der Waals surface area contributed by atoms with E-state index in [0.717, 1.165) is 34.4 Å². The molecule has 6 heterocycles. The van der Waals surface area contributed by atoms with Crippen molar-refractivity contribution >= 4 is 45.3 Å². The molecule has 6 aromatic heterocycles. The lowest BCUT2D eigenvalue weighted by molar-refractivity contribution is 1.07. The van der Waals surface area contributed by atoms with Crippen LogP contribution in [0.3, 0.4) is 0 Å². The molecule has 0 bridgehead atoms. The first-order valence-electron chi connectivity index (χ1n) is 15.1. The highest BCUT2D eigenvalue weighted by Crippen LogP contribution is 2.37. The first-order valence-corrected chi connectivity index (χ1v) is 18.3. The molecule has 8 heteroatoms. The summed E-state index contributed by atoms with van der Waals surface area (Å²) in [4.78, 5) is 20.1. The topological polar surface area (TPSA) is 35.6 Å². The van der Waals surface area contributed by atoms with Crippen molar-refractivity contribution in [3.8, 4) is 65.0 Å². The standard InChI is InChI=1S/C38H30N4S4/c1-23-5-17-33(43-23)31-21-41(37(39-31)35-19-7-25(3)45-35)29-13-9-27(10-14-29)28-11-15-30(16-12-28)42-22-32(34-18-6-24(2)44-34)40-38(42)36-20-8-26(4)46-36/h5-22H,1-4H3. The molecule has 0 aliphatic rings. The molecule has 0 radical (unpaired) electrons. The number of rotatable bonds is 7. The van der Waals surface area contributed by atoms with Gasteiger partial charge in [0, 0.05) is 43.3 Å². The van der Waals surface area contributed by atoms with Gasteiger partial charge in [-0.3, -0.25) is 9.13 Å². The van der Waals surface area contributed by atoms with E-state index in [1.807, 2.05) is 0 Å². The van der Waals surface area contributed by atoms with Gasteiger partial charge in [0.15, 0.2) is 11.6 Å². The number of hydrogen-bond acceptors (Lipinski definition) is 6. The van der Waals surface area contributed by atoms with Crippen LogP contribution in [0.25, 0.3) is 65.0 Å². The van der Waals surface area contributed by atoms with Gasteiger partial charge < -0.3 is 0 Å². The molecule has 0 unspecified atom stereocenters. The summed E-state index contributed by atoms with van der Waals surface area (Å²) < 4.78 is 4.45. The summed E-state index contributed by atoms with van der Waals surface area (Å²) in [5.74, 6) is 1.95. The van der Waals surface area contributed by atoms with E-state index >= 15 is 0 Å². The molecule has 0 atom stereocenters. The Balaban J connectivity index is 1.12. The third-order valence-electron chi connectivity index (χ3n) is 7.94. The van der Waals surface area contributed by atoms with Gasteiger partial charge in [0.25, 0.3) is 0 Å². The number of thiophene rings is 4. The van der Waals surface area contributed by atoms with E-state index in [-0.39, 0.29) is 0 Å². The SMILES string of the molecule is Cc1ccc(-c2cn(-c3ccc(-c4ccc(-n5cc(-c6ccc(C)s6)nc5-c5ccc(C)s5)cc4)cc3)c(-c3ccc(C)s3)n2)s1. The minimum absolute atomic E-state index is 0.977. The van der Waals surface area contributed by atoms with Crippen LogP contribution in [0.15, 0.2) is 109 Å². The third kappa shape index (κ3) is 5.52. The lowest BCUT2D eigenvalue weighted by atomic mass is 10.0. The van der Waals surface area contributed by atoms with Gasteiger partial charge in [0.2, 0.25) is 0 Å². The molecule has 46 heavy (non-hydrogen) atoms. The van der Waals surface area contributed by atoms with Gasteiger partial charge in [-0.1, -0.05) is 24.3 Å². The number of nitrogens with zero attached hydrogens (tertiary/aromatic N) is 4. The maximum absolute atomic E-state index is 5.10. The zero-order chi connectivity index (χ0) is 31.4. The summed E-state index contributed by atoms with van der Waals surface area (Å²) in [7, 11) is 0. The van der Waals surface area contributed by atoms with Crippen LogP contribution in [0, 0.1) is 27.7 Å². The fourth-order valence-corrected chi connectivity index (χ4v) is 8.97. The molecule has 4 nitrogen and oxygen atoms in total. The van der Waals surface area contributed by atoms with Gasteiger partial charge in [-0.05, 0) is 112 Å². The van der Waals surface area contributed by atoms with Crippen LogP contribution >= 0.6 is 45.3 Å². The molecule has 0 aliphatic heterocycles. The quantitative estimate of drug-likeness (QED) is 0.169. The van der Waals surface area contributed by atoms with Crippen LogP contribution in [-0.4, -0.2) is 19.1 Å². The largest absolute Gasteiger partial charge is 0.298 e. The minimum atomic E-state index is 0.977. The van der Waals surface area contributed by atoms with E-state index in [4.69, 9.17) is 9.97 Å². The van der Waals surface area contributed by atoms with E-state index < -0.39 is 0 Å². The predicted molar refractivity (Wildman–Crippen MR) is 198 cm³/mol. The van der Waals surface area contributed by atoms with Crippen LogP contribution in [0.5, 0.6) is 0 Å². The molecular weight excluding hydrogens is 641 g/mol. The molecule has 8 aromatic rings. The zero-order valence-electron chi connectivity index (χ0n) is 25.8. The Morgan fingerprint density at radius 2 is 0.717 bits per heavy atom. The van der Waals surface area contributed by atoms with Crippen molar-refractivity contribution in [2.24, 2.45) is 0 Å². The maximum atomic E-state index is 5.10. The average molecular weight is 671 g/mol. The van der Waals surface area contributed by atoms with Crippen LogP contribution in [0.2, 0.25) is 0 Å². The number of aryl methyl sites for hydroxylation is 4. The van der Waals surface area contributed by atoms with Gasteiger partial charge in [0.1, 0.15) is 0 Å². The fourth-order valence-electron chi connectivity index (χ4n) is 5.62. The zero-order valence-corrected chi connectivity index (χ0v) is 29.1. The van der Waals surface area contributed by atoms with E-state index in [1.165, 1.54) is 50.1 Å². The normalized spacial score (nSPS) is 11.5. The highest BCUT2D eigenvalue weighted by Gasteiger charge is 2.18. The molecule has 2 aromatic carbocycles. The van der Waals surface area contributed by atoms with Crippen molar-refractivity contribution in [1.82, 2.24) is 19.1 Å². The van der Waals surface area contributed by atoms with Crippen LogP contribution in [-0.2, 0) is 0 Å². The van der Waals surface area contributed by atoms with Gasteiger partial charge in [-0.2, -0.15) is 0 Å².